The van der Waals surface area contributed by atoms with Crippen molar-refractivity contribution in [3.8, 4) is 0 Å². The molecule has 0 amide bonds. The molecule has 1 atom stereocenters. The summed E-state index contributed by atoms with van der Waals surface area (Å²) in [5.41, 5.74) is 1.01. The van der Waals surface area contributed by atoms with E-state index in [-0.39, 0.29) is 18.4 Å². The van der Waals surface area contributed by atoms with Crippen molar-refractivity contribution in [3.05, 3.63) is 71.0 Å². The summed E-state index contributed by atoms with van der Waals surface area (Å²) in [5.74, 6) is -1.53. The minimum Gasteiger partial charge on any atom is -0.306 e. The number of hydrogen-bond acceptors (Lipinski definition) is 1. The second kappa shape index (κ2) is 5.89. The highest BCUT2D eigenvalue weighted by atomic mass is 19.1. The SMILES string of the molecule is C[C@@H](NCc1cc(F)cc(F)c1)c1ccccc1F. The van der Waals surface area contributed by atoms with Crippen LogP contribution in [0.25, 0.3) is 0 Å². The molecule has 0 fully saturated rings. The van der Waals surface area contributed by atoms with Gasteiger partial charge in [0, 0.05) is 24.2 Å². The smallest absolute Gasteiger partial charge is 0.127 e. The maximum atomic E-state index is 13.5. The Labute approximate surface area is 110 Å². The Morgan fingerprint density at radius 1 is 1.00 bits per heavy atom. The van der Waals surface area contributed by atoms with E-state index in [0.717, 1.165) is 6.07 Å². The first-order valence-electron chi connectivity index (χ1n) is 5.99. The van der Waals surface area contributed by atoms with E-state index < -0.39 is 11.6 Å². The fraction of sp³-hybridized carbons (Fsp3) is 0.200. The fourth-order valence-electron chi connectivity index (χ4n) is 1.92. The van der Waals surface area contributed by atoms with Gasteiger partial charge in [0.15, 0.2) is 0 Å². The lowest BCUT2D eigenvalue weighted by Crippen LogP contribution is -2.19. The molecule has 0 aromatic heterocycles. The van der Waals surface area contributed by atoms with Crippen LogP contribution in [0.5, 0.6) is 0 Å². The Morgan fingerprint density at radius 2 is 1.63 bits per heavy atom. The average molecular weight is 265 g/mol. The molecule has 0 aliphatic rings. The van der Waals surface area contributed by atoms with Gasteiger partial charge in [-0.3, -0.25) is 0 Å². The lowest BCUT2D eigenvalue weighted by molar-refractivity contribution is 0.523. The van der Waals surface area contributed by atoms with Crippen molar-refractivity contribution in [1.29, 1.82) is 0 Å². The first-order chi connectivity index (χ1) is 9.06. The van der Waals surface area contributed by atoms with E-state index in [1.807, 2.05) is 0 Å². The molecule has 2 aromatic carbocycles. The van der Waals surface area contributed by atoms with E-state index in [1.54, 1.807) is 25.1 Å². The Hall–Kier alpha value is -1.81. The third-order valence-corrected chi connectivity index (χ3v) is 2.91. The molecule has 100 valence electrons. The van der Waals surface area contributed by atoms with Gasteiger partial charge in [-0.15, -0.1) is 0 Å². The molecular weight excluding hydrogens is 251 g/mol. The van der Waals surface area contributed by atoms with Gasteiger partial charge in [0.2, 0.25) is 0 Å². The van der Waals surface area contributed by atoms with Crippen LogP contribution in [0.15, 0.2) is 42.5 Å². The Morgan fingerprint density at radius 3 is 2.26 bits per heavy atom. The highest BCUT2D eigenvalue weighted by molar-refractivity contribution is 5.22. The zero-order chi connectivity index (χ0) is 13.8. The Kier molecular flexibility index (Phi) is 4.22. The van der Waals surface area contributed by atoms with Crippen LogP contribution in [0.2, 0.25) is 0 Å². The van der Waals surface area contributed by atoms with Crippen molar-refractivity contribution < 1.29 is 13.2 Å². The van der Waals surface area contributed by atoms with Crippen LogP contribution in [0.3, 0.4) is 0 Å². The summed E-state index contributed by atoms with van der Waals surface area (Å²) in [6.07, 6.45) is 0. The topological polar surface area (TPSA) is 12.0 Å². The molecule has 2 aromatic rings. The minimum atomic E-state index is -0.615. The van der Waals surface area contributed by atoms with Gasteiger partial charge in [0.25, 0.3) is 0 Å². The van der Waals surface area contributed by atoms with E-state index in [9.17, 15) is 13.2 Å². The lowest BCUT2D eigenvalue weighted by Gasteiger charge is -2.15. The monoisotopic (exact) mass is 265 g/mol. The van der Waals surface area contributed by atoms with Gasteiger partial charge < -0.3 is 5.32 Å². The second-order valence-electron chi connectivity index (χ2n) is 4.40. The average Bonchev–Trinajstić information content (AvgIpc) is 2.35. The van der Waals surface area contributed by atoms with Gasteiger partial charge in [0.1, 0.15) is 17.5 Å². The quantitative estimate of drug-likeness (QED) is 0.882. The highest BCUT2D eigenvalue weighted by Gasteiger charge is 2.10. The van der Waals surface area contributed by atoms with E-state index in [0.29, 0.717) is 11.1 Å². The predicted octanol–water partition coefficient (Wildman–Crippen LogP) is 3.95. The molecule has 0 bridgehead atoms. The molecule has 0 saturated carbocycles. The van der Waals surface area contributed by atoms with Crippen molar-refractivity contribution in [2.45, 2.75) is 19.5 Å². The van der Waals surface area contributed by atoms with Gasteiger partial charge >= 0.3 is 0 Å². The largest absolute Gasteiger partial charge is 0.306 e. The molecule has 1 nitrogen and oxygen atoms in total. The zero-order valence-corrected chi connectivity index (χ0v) is 10.5. The van der Waals surface area contributed by atoms with Crippen LogP contribution in [-0.4, -0.2) is 0 Å². The van der Waals surface area contributed by atoms with Crippen molar-refractivity contribution >= 4 is 0 Å². The molecule has 1 N–H and O–H groups in total. The van der Waals surface area contributed by atoms with Crippen LogP contribution in [0.1, 0.15) is 24.1 Å². The maximum absolute atomic E-state index is 13.5. The third kappa shape index (κ3) is 3.58. The van der Waals surface area contributed by atoms with Gasteiger partial charge in [-0.1, -0.05) is 18.2 Å². The van der Waals surface area contributed by atoms with Crippen molar-refractivity contribution in [3.63, 3.8) is 0 Å². The maximum Gasteiger partial charge on any atom is 0.127 e. The summed E-state index contributed by atoms with van der Waals surface area (Å²) >= 11 is 0. The number of hydrogen-bond donors (Lipinski definition) is 1. The number of halogens is 3. The number of rotatable bonds is 4. The summed E-state index contributed by atoms with van der Waals surface area (Å²) < 4.78 is 39.6. The predicted molar refractivity (Wildman–Crippen MR) is 68.0 cm³/mol. The van der Waals surface area contributed by atoms with Gasteiger partial charge in [0.05, 0.1) is 0 Å². The second-order valence-corrected chi connectivity index (χ2v) is 4.40. The molecule has 0 aliphatic heterocycles. The molecular formula is C15H14F3N. The van der Waals surface area contributed by atoms with Crippen molar-refractivity contribution in [1.82, 2.24) is 5.32 Å². The summed E-state index contributed by atoms with van der Waals surface area (Å²) in [6, 6.07) is 9.52. The van der Waals surface area contributed by atoms with Crippen molar-refractivity contribution in [2.24, 2.45) is 0 Å². The Balaban J connectivity index is 2.04. The van der Waals surface area contributed by atoms with E-state index in [2.05, 4.69) is 5.32 Å². The summed E-state index contributed by atoms with van der Waals surface area (Å²) in [4.78, 5) is 0. The normalized spacial score (nSPS) is 12.4. The first kappa shape index (κ1) is 13.6. The number of benzene rings is 2. The summed E-state index contributed by atoms with van der Waals surface area (Å²) in [7, 11) is 0. The van der Waals surface area contributed by atoms with Gasteiger partial charge in [-0.2, -0.15) is 0 Å². The Bertz CT molecular complexity index is 549. The highest BCUT2D eigenvalue weighted by Crippen LogP contribution is 2.17. The van der Waals surface area contributed by atoms with Crippen LogP contribution in [0.4, 0.5) is 13.2 Å². The molecule has 0 saturated heterocycles. The number of nitrogens with one attached hydrogen (secondary N) is 1. The van der Waals surface area contributed by atoms with Crippen LogP contribution in [0, 0.1) is 17.5 Å². The third-order valence-electron chi connectivity index (χ3n) is 2.91. The first-order valence-corrected chi connectivity index (χ1v) is 5.99. The van der Waals surface area contributed by atoms with Crippen molar-refractivity contribution in [2.75, 3.05) is 0 Å². The van der Waals surface area contributed by atoms with E-state index in [1.165, 1.54) is 18.2 Å². The molecule has 19 heavy (non-hydrogen) atoms. The standard InChI is InChI=1S/C15H14F3N/c1-10(14-4-2-3-5-15(14)18)19-9-11-6-12(16)8-13(17)7-11/h2-8,10,19H,9H2,1H3/t10-/m1/s1. The lowest BCUT2D eigenvalue weighted by atomic mass is 10.1. The minimum absolute atomic E-state index is 0.243. The molecule has 0 spiro atoms. The van der Waals surface area contributed by atoms with Gasteiger partial charge in [-0.25, -0.2) is 13.2 Å². The molecule has 4 heteroatoms. The van der Waals surface area contributed by atoms with Gasteiger partial charge in [-0.05, 0) is 30.7 Å². The van der Waals surface area contributed by atoms with Crippen LogP contribution in [-0.2, 0) is 6.54 Å². The van der Waals surface area contributed by atoms with Crippen LogP contribution >= 0.6 is 0 Å². The molecule has 0 radical (unpaired) electrons. The molecule has 0 heterocycles. The van der Waals surface area contributed by atoms with E-state index in [4.69, 9.17) is 0 Å². The van der Waals surface area contributed by atoms with E-state index >= 15 is 0 Å². The fourth-order valence-corrected chi connectivity index (χ4v) is 1.92. The summed E-state index contributed by atoms with van der Waals surface area (Å²) in [5, 5.41) is 3.04. The molecule has 0 aliphatic carbocycles. The zero-order valence-electron chi connectivity index (χ0n) is 10.5. The molecule has 0 unspecified atom stereocenters. The molecule has 2 rings (SSSR count). The summed E-state index contributed by atoms with van der Waals surface area (Å²) in [6.45, 7) is 2.07. The van der Waals surface area contributed by atoms with Crippen LogP contribution < -0.4 is 5.32 Å².